The van der Waals surface area contributed by atoms with Crippen LogP contribution < -0.4 is 5.32 Å². The number of carbonyl (C=O) groups excluding carboxylic acids is 1. The lowest BCUT2D eigenvalue weighted by molar-refractivity contribution is -0.139. The molecular weight excluding hydrogens is 310 g/mol. The summed E-state index contributed by atoms with van der Waals surface area (Å²) in [5, 5.41) is 3.50. The first kappa shape index (κ1) is 18.4. The van der Waals surface area contributed by atoms with Gasteiger partial charge in [-0.2, -0.15) is 0 Å². The van der Waals surface area contributed by atoms with Crippen molar-refractivity contribution in [1.29, 1.82) is 0 Å². The van der Waals surface area contributed by atoms with Crippen LogP contribution >= 0.6 is 0 Å². The van der Waals surface area contributed by atoms with E-state index in [1.807, 2.05) is 0 Å². The van der Waals surface area contributed by atoms with Crippen molar-refractivity contribution >= 4 is 5.91 Å². The van der Waals surface area contributed by atoms with E-state index in [1.54, 1.807) is 0 Å². The van der Waals surface area contributed by atoms with Crippen LogP contribution in [-0.2, 0) is 11.2 Å². The fourth-order valence-corrected chi connectivity index (χ4v) is 4.20. The van der Waals surface area contributed by atoms with Crippen LogP contribution in [0.15, 0.2) is 24.3 Å². The molecule has 25 heavy (non-hydrogen) atoms. The second-order valence-electron chi connectivity index (χ2n) is 7.88. The molecular formula is C21H33N3O. The van der Waals surface area contributed by atoms with Gasteiger partial charge in [0.25, 0.3) is 0 Å². The molecule has 138 valence electrons. The highest BCUT2D eigenvalue weighted by atomic mass is 16.2. The van der Waals surface area contributed by atoms with E-state index < -0.39 is 0 Å². The molecule has 4 nitrogen and oxygen atoms in total. The van der Waals surface area contributed by atoms with E-state index in [2.05, 4.69) is 60.2 Å². The van der Waals surface area contributed by atoms with Crippen LogP contribution in [0.3, 0.4) is 0 Å². The predicted molar refractivity (Wildman–Crippen MR) is 103 cm³/mol. The number of piperidine rings is 1. The maximum Gasteiger partial charge on any atom is 0.244 e. The lowest BCUT2D eigenvalue weighted by Gasteiger charge is -2.41. The number of carbonyl (C=O) groups is 1. The summed E-state index contributed by atoms with van der Waals surface area (Å²) in [5.41, 5.74) is 2.48. The van der Waals surface area contributed by atoms with Gasteiger partial charge in [-0.15, -0.1) is 0 Å². The summed E-state index contributed by atoms with van der Waals surface area (Å²) in [6.07, 6.45) is 3.41. The highest BCUT2D eigenvalue weighted by molar-refractivity contribution is 5.83. The van der Waals surface area contributed by atoms with Gasteiger partial charge in [0.15, 0.2) is 0 Å². The minimum Gasteiger partial charge on any atom is -0.341 e. The van der Waals surface area contributed by atoms with E-state index in [0.717, 1.165) is 51.1 Å². The number of piperazine rings is 1. The molecule has 0 radical (unpaired) electrons. The SMILES string of the molecule is CCc1ccc(C(C(=O)N2CCCC(C)C2)N2CCNC(C)C2)cc1. The van der Waals surface area contributed by atoms with Crippen molar-refractivity contribution in [1.82, 2.24) is 15.1 Å². The van der Waals surface area contributed by atoms with Gasteiger partial charge in [-0.3, -0.25) is 9.69 Å². The Morgan fingerprint density at radius 2 is 1.96 bits per heavy atom. The maximum atomic E-state index is 13.5. The van der Waals surface area contributed by atoms with E-state index in [-0.39, 0.29) is 6.04 Å². The summed E-state index contributed by atoms with van der Waals surface area (Å²) in [7, 11) is 0. The number of likely N-dealkylation sites (tertiary alicyclic amines) is 1. The van der Waals surface area contributed by atoms with Gasteiger partial charge in [0, 0.05) is 38.8 Å². The van der Waals surface area contributed by atoms with E-state index in [9.17, 15) is 4.79 Å². The molecule has 0 spiro atoms. The number of aryl methyl sites for hydroxylation is 1. The van der Waals surface area contributed by atoms with Gasteiger partial charge in [-0.1, -0.05) is 38.1 Å². The number of benzene rings is 1. The molecule has 2 heterocycles. The fourth-order valence-electron chi connectivity index (χ4n) is 4.20. The first-order valence-electron chi connectivity index (χ1n) is 9.93. The van der Waals surface area contributed by atoms with Gasteiger partial charge in [-0.05, 0) is 43.2 Å². The van der Waals surface area contributed by atoms with Crippen LogP contribution in [0, 0.1) is 5.92 Å². The Bertz CT molecular complexity index is 571. The van der Waals surface area contributed by atoms with E-state index in [4.69, 9.17) is 0 Å². The molecule has 2 aliphatic rings. The van der Waals surface area contributed by atoms with Crippen molar-refractivity contribution in [2.45, 2.75) is 52.1 Å². The molecule has 0 bridgehead atoms. The van der Waals surface area contributed by atoms with Crippen molar-refractivity contribution < 1.29 is 4.79 Å². The van der Waals surface area contributed by atoms with Crippen LogP contribution in [0.4, 0.5) is 0 Å². The molecule has 1 aromatic rings. The number of amides is 1. The maximum absolute atomic E-state index is 13.5. The number of nitrogens with zero attached hydrogens (tertiary/aromatic N) is 2. The zero-order chi connectivity index (χ0) is 17.8. The number of hydrogen-bond acceptors (Lipinski definition) is 3. The molecule has 0 aliphatic carbocycles. The monoisotopic (exact) mass is 343 g/mol. The molecule has 2 aliphatic heterocycles. The lowest BCUT2D eigenvalue weighted by Crippen LogP contribution is -2.54. The van der Waals surface area contributed by atoms with Crippen molar-refractivity contribution in [2.24, 2.45) is 5.92 Å². The van der Waals surface area contributed by atoms with Crippen LogP contribution in [0.25, 0.3) is 0 Å². The molecule has 3 rings (SSSR count). The largest absolute Gasteiger partial charge is 0.341 e. The second kappa shape index (κ2) is 8.33. The number of nitrogens with one attached hydrogen (secondary N) is 1. The Balaban J connectivity index is 1.85. The Labute approximate surface area is 152 Å². The number of hydrogen-bond donors (Lipinski definition) is 1. The summed E-state index contributed by atoms with van der Waals surface area (Å²) in [6.45, 7) is 11.3. The summed E-state index contributed by atoms with van der Waals surface area (Å²) >= 11 is 0. The third-order valence-corrected chi connectivity index (χ3v) is 5.67. The van der Waals surface area contributed by atoms with Gasteiger partial charge in [0.1, 0.15) is 6.04 Å². The molecule has 0 aromatic heterocycles. The zero-order valence-corrected chi connectivity index (χ0v) is 16.0. The first-order chi connectivity index (χ1) is 12.1. The minimum absolute atomic E-state index is 0.138. The van der Waals surface area contributed by atoms with Crippen LogP contribution in [0.5, 0.6) is 0 Å². The molecule has 2 saturated heterocycles. The fraction of sp³-hybridized carbons (Fsp3) is 0.667. The number of rotatable bonds is 4. The van der Waals surface area contributed by atoms with Gasteiger partial charge >= 0.3 is 0 Å². The highest BCUT2D eigenvalue weighted by Gasteiger charge is 2.34. The van der Waals surface area contributed by atoms with Crippen LogP contribution in [0.2, 0.25) is 0 Å². The summed E-state index contributed by atoms with van der Waals surface area (Å²) in [6, 6.07) is 8.99. The summed E-state index contributed by atoms with van der Waals surface area (Å²) < 4.78 is 0. The Morgan fingerprint density at radius 3 is 2.60 bits per heavy atom. The quantitative estimate of drug-likeness (QED) is 0.913. The topological polar surface area (TPSA) is 35.6 Å². The zero-order valence-electron chi connectivity index (χ0n) is 16.0. The Hall–Kier alpha value is -1.39. The lowest BCUT2D eigenvalue weighted by atomic mass is 9.96. The normalized spacial score (nSPS) is 26.4. The average Bonchev–Trinajstić information content (AvgIpc) is 2.62. The third-order valence-electron chi connectivity index (χ3n) is 5.67. The molecule has 1 amide bonds. The molecule has 3 atom stereocenters. The van der Waals surface area contributed by atoms with Crippen molar-refractivity contribution in [3.63, 3.8) is 0 Å². The van der Waals surface area contributed by atoms with Crippen molar-refractivity contribution in [3.8, 4) is 0 Å². The molecule has 3 unspecified atom stereocenters. The van der Waals surface area contributed by atoms with Crippen LogP contribution in [-0.4, -0.2) is 54.5 Å². The van der Waals surface area contributed by atoms with E-state index in [1.165, 1.54) is 12.0 Å². The average molecular weight is 344 g/mol. The van der Waals surface area contributed by atoms with Gasteiger partial charge < -0.3 is 10.2 Å². The van der Waals surface area contributed by atoms with E-state index in [0.29, 0.717) is 17.9 Å². The van der Waals surface area contributed by atoms with Gasteiger partial charge in [-0.25, -0.2) is 0 Å². The minimum atomic E-state index is -0.138. The second-order valence-corrected chi connectivity index (χ2v) is 7.88. The standard InChI is InChI=1S/C21H33N3O/c1-4-18-7-9-19(10-8-18)20(23-13-11-22-17(3)15-23)21(25)24-12-5-6-16(2)14-24/h7-10,16-17,20,22H,4-6,11-15H2,1-3H3. The summed E-state index contributed by atoms with van der Waals surface area (Å²) in [4.78, 5) is 18.0. The smallest absolute Gasteiger partial charge is 0.244 e. The Kier molecular flexibility index (Phi) is 6.13. The van der Waals surface area contributed by atoms with Gasteiger partial charge in [0.2, 0.25) is 5.91 Å². The predicted octanol–water partition coefficient (Wildman–Crippen LogP) is 2.84. The van der Waals surface area contributed by atoms with Crippen molar-refractivity contribution in [3.05, 3.63) is 35.4 Å². The highest BCUT2D eigenvalue weighted by Crippen LogP contribution is 2.27. The molecule has 1 aromatic carbocycles. The van der Waals surface area contributed by atoms with Crippen molar-refractivity contribution in [2.75, 3.05) is 32.7 Å². The van der Waals surface area contributed by atoms with Crippen LogP contribution in [0.1, 0.15) is 50.8 Å². The Morgan fingerprint density at radius 1 is 1.20 bits per heavy atom. The molecule has 2 fully saturated rings. The third kappa shape index (κ3) is 4.42. The molecule has 4 heteroatoms. The summed E-state index contributed by atoms with van der Waals surface area (Å²) in [5.74, 6) is 0.910. The van der Waals surface area contributed by atoms with Gasteiger partial charge in [0.05, 0.1) is 0 Å². The molecule has 0 saturated carbocycles. The molecule has 1 N–H and O–H groups in total. The first-order valence-corrected chi connectivity index (χ1v) is 9.93. The van der Waals surface area contributed by atoms with E-state index >= 15 is 0 Å².